The molecule has 0 bridgehead atoms. The van der Waals surface area contributed by atoms with Crippen molar-refractivity contribution in [3.8, 4) is 0 Å². The highest BCUT2D eigenvalue weighted by Gasteiger charge is 2.24. The number of esters is 1. The van der Waals surface area contributed by atoms with Crippen LogP contribution in [0.3, 0.4) is 0 Å². The van der Waals surface area contributed by atoms with Crippen molar-refractivity contribution in [3.05, 3.63) is 34.3 Å². The van der Waals surface area contributed by atoms with Crippen LogP contribution < -0.4 is 5.32 Å². The molecule has 5 heteroatoms. The van der Waals surface area contributed by atoms with Crippen molar-refractivity contribution in [1.82, 2.24) is 5.32 Å². The Kier molecular flexibility index (Phi) is 7.47. The van der Waals surface area contributed by atoms with Crippen molar-refractivity contribution in [2.45, 2.75) is 32.7 Å². The van der Waals surface area contributed by atoms with Gasteiger partial charge in [0.05, 0.1) is 0 Å². The van der Waals surface area contributed by atoms with Gasteiger partial charge in [0.15, 0.2) is 12.4 Å². The minimum Gasteiger partial charge on any atom is -0.456 e. The number of carbonyl (C=O) groups is 2. The summed E-state index contributed by atoms with van der Waals surface area (Å²) in [6.45, 7) is 4.63. The average Bonchev–Trinajstić information content (AvgIpc) is 3.01. The lowest BCUT2D eigenvalue weighted by molar-refractivity contribution is -0.144. The molecule has 0 radical (unpaired) electrons. The number of rotatable bonds is 4. The summed E-state index contributed by atoms with van der Waals surface area (Å²) >= 11 is 3.29. The van der Waals surface area contributed by atoms with Crippen LogP contribution in [0.4, 0.5) is 0 Å². The number of Topliss-reactive ketones (excluding diaryl/α,β-unsaturated/α-hetero) is 1. The van der Waals surface area contributed by atoms with Crippen LogP contribution in [0.5, 0.6) is 0 Å². The van der Waals surface area contributed by atoms with Crippen LogP contribution in [0.2, 0.25) is 0 Å². The molecule has 1 aromatic carbocycles. The van der Waals surface area contributed by atoms with E-state index >= 15 is 0 Å². The standard InChI is InChI=1S/C13H14BrNO3.C2H6/c14-10-4-1-3-9(7-10)12(16)8-18-13(17)11-5-2-6-15-11;1-2/h1,3-4,7,11,15H,2,5-6,8H2;1-2H3/t11-;/m0./s1. The smallest absolute Gasteiger partial charge is 0.323 e. The fourth-order valence-corrected chi connectivity index (χ4v) is 2.27. The van der Waals surface area contributed by atoms with Gasteiger partial charge in [-0.05, 0) is 31.5 Å². The van der Waals surface area contributed by atoms with E-state index < -0.39 is 0 Å². The van der Waals surface area contributed by atoms with E-state index in [0.717, 1.165) is 23.9 Å². The SMILES string of the molecule is CC.O=C(COC(=O)[C@@H]1CCCN1)c1cccc(Br)c1. The largest absolute Gasteiger partial charge is 0.456 e. The van der Waals surface area contributed by atoms with E-state index in [4.69, 9.17) is 4.74 Å². The van der Waals surface area contributed by atoms with Crippen molar-refractivity contribution in [3.63, 3.8) is 0 Å². The van der Waals surface area contributed by atoms with Gasteiger partial charge in [-0.3, -0.25) is 9.59 Å². The highest BCUT2D eigenvalue weighted by Crippen LogP contribution is 2.12. The molecule has 1 atom stereocenters. The first-order valence-electron chi connectivity index (χ1n) is 6.85. The van der Waals surface area contributed by atoms with Crippen LogP contribution >= 0.6 is 15.9 Å². The molecule has 0 aliphatic carbocycles. The van der Waals surface area contributed by atoms with Crippen molar-refractivity contribution in [2.75, 3.05) is 13.2 Å². The Morgan fingerprint density at radius 2 is 2.15 bits per heavy atom. The van der Waals surface area contributed by atoms with Gasteiger partial charge >= 0.3 is 5.97 Å². The highest BCUT2D eigenvalue weighted by molar-refractivity contribution is 9.10. The molecule has 20 heavy (non-hydrogen) atoms. The molecule has 1 fully saturated rings. The molecule has 4 nitrogen and oxygen atoms in total. The number of hydrogen-bond acceptors (Lipinski definition) is 4. The molecule has 110 valence electrons. The molecule has 0 unspecified atom stereocenters. The number of ether oxygens (including phenoxy) is 1. The van der Waals surface area contributed by atoms with Gasteiger partial charge in [-0.25, -0.2) is 0 Å². The monoisotopic (exact) mass is 341 g/mol. The quantitative estimate of drug-likeness (QED) is 0.675. The summed E-state index contributed by atoms with van der Waals surface area (Å²) in [7, 11) is 0. The van der Waals surface area contributed by atoms with Crippen LogP contribution in [0.25, 0.3) is 0 Å². The molecular weight excluding hydrogens is 322 g/mol. The Bertz CT molecular complexity index is 456. The summed E-state index contributed by atoms with van der Waals surface area (Å²) in [5, 5.41) is 3.04. The summed E-state index contributed by atoms with van der Waals surface area (Å²) in [5.41, 5.74) is 0.538. The summed E-state index contributed by atoms with van der Waals surface area (Å²) in [6, 6.07) is 6.78. The third-order valence-corrected chi connectivity index (χ3v) is 3.33. The van der Waals surface area contributed by atoms with Gasteiger partial charge in [-0.2, -0.15) is 0 Å². The van der Waals surface area contributed by atoms with Gasteiger partial charge in [0.1, 0.15) is 6.04 Å². The van der Waals surface area contributed by atoms with E-state index in [-0.39, 0.29) is 24.4 Å². The fraction of sp³-hybridized carbons (Fsp3) is 0.467. The molecule has 0 saturated carbocycles. The van der Waals surface area contributed by atoms with Crippen molar-refractivity contribution in [2.24, 2.45) is 0 Å². The Morgan fingerprint density at radius 1 is 1.40 bits per heavy atom. The number of ketones is 1. The summed E-state index contributed by atoms with van der Waals surface area (Å²) in [6.07, 6.45) is 1.75. The van der Waals surface area contributed by atoms with Gasteiger partial charge in [0, 0.05) is 10.0 Å². The molecule has 0 spiro atoms. The van der Waals surface area contributed by atoms with Gasteiger partial charge in [0.25, 0.3) is 0 Å². The maximum absolute atomic E-state index is 11.8. The van der Waals surface area contributed by atoms with Crippen LogP contribution in [0.15, 0.2) is 28.7 Å². The Balaban J connectivity index is 0.000000956. The summed E-state index contributed by atoms with van der Waals surface area (Å²) in [5.74, 6) is -0.529. The normalized spacial score (nSPS) is 17.1. The predicted octanol–water partition coefficient (Wildman–Crippen LogP) is 2.95. The van der Waals surface area contributed by atoms with E-state index in [1.54, 1.807) is 18.2 Å². The van der Waals surface area contributed by atoms with Gasteiger partial charge in [-0.1, -0.05) is 41.9 Å². The van der Waals surface area contributed by atoms with Gasteiger partial charge in [0.2, 0.25) is 0 Å². The summed E-state index contributed by atoms with van der Waals surface area (Å²) in [4.78, 5) is 23.4. The van der Waals surface area contributed by atoms with Crippen molar-refractivity contribution in [1.29, 1.82) is 0 Å². The van der Waals surface area contributed by atoms with E-state index in [9.17, 15) is 9.59 Å². The Hall–Kier alpha value is -1.20. The van der Waals surface area contributed by atoms with Gasteiger partial charge < -0.3 is 10.1 Å². The number of hydrogen-bond donors (Lipinski definition) is 1. The first-order chi connectivity index (χ1) is 9.66. The van der Waals surface area contributed by atoms with E-state index in [2.05, 4.69) is 21.2 Å². The van der Waals surface area contributed by atoms with Crippen LogP contribution in [0.1, 0.15) is 37.0 Å². The molecule has 1 aromatic rings. The molecule has 0 aromatic heterocycles. The lowest BCUT2D eigenvalue weighted by Gasteiger charge is -2.09. The molecule has 1 heterocycles. The molecule has 2 rings (SSSR count). The lowest BCUT2D eigenvalue weighted by atomic mass is 10.1. The average molecular weight is 342 g/mol. The Morgan fingerprint density at radius 3 is 2.75 bits per heavy atom. The first-order valence-corrected chi connectivity index (χ1v) is 7.65. The molecule has 1 aliphatic heterocycles. The fourth-order valence-electron chi connectivity index (χ4n) is 1.87. The van der Waals surface area contributed by atoms with E-state index in [1.807, 2.05) is 19.9 Å². The second kappa shape index (κ2) is 8.87. The number of carbonyl (C=O) groups excluding carboxylic acids is 2. The third-order valence-electron chi connectivity index (χ3n) is 2.84. The number of nitrogens with one attached hydrogen (secondary N) is 1. The highest BCUT2D eigenvalue weighted by atomic mass is 79.9. The molecule has 1 N–H and O–H groups in total. The molecular formula is C15H20BrNO3. The molecule has 0 amide bonds. The maximum Gasteiger partial charge on any atom is 0.323 e. The third kappa shape index (κ3) is 5.06. The zero-order valence-corrected chi connectivity index (χ0v) is 13.4. The zero-order chi connectivity index (χ0) is 15.0. The van der Waals surface area contributed by atoms with Crippen LogP contribution in [0, 0.1) is 0 Å². The molecule has 1 saturated heterocycles. The van der Waals surface area contributed by atoms with Crippen molar-refractivity contribution >= 4 is 27.7 Å². The minimum absolute atomic E-state index is 0.192. The number of benzene rings is 1. The zero-order valence-electron chi connectivity index (χ0n) is 11.8. The lowest BCUT2D eigenvalue weighted by Crippen LogP contribution is -2.33. The summed E-state index contributed by atoms with van der Waals surface area (Å²) < 4.78 is 5.85. The van der Waals surface area contributed by atoms with E-state index in [1.165, 1.54) is 0 Å². The van der Waals surface area contributed by atoms with Crippen molar-refractivity contribution < 1.29 is 14.3 Å². The predicted molar refractivity (Wildman–Crippen MR) is 81.8 cm³/mol. The van der Waals surface area contributed by atoms with Gasteiger partial charge in [-0.15, -0.1) is 0 Å². The second-order valence-corrected chi connectivity index (χ2v) is 5.11. The number of halogens is 1. The van der Waals surface area contributed by atoms with Crippen LogP contribution in [-0.4, -0.2) is 30.9 Å². The second-order valence-electron chi connectivity index (χ2n) is 4.19. The molecule has 1 aliphatic rings. The van der Waals surface area contributed by atoms with Crippen LogP contribution in [-0.2, 0) is 9.53 Å². The first kappa shape index (κ1) is 16.9. The maximum atomic E-state index is 11.8. The topological polar surface area (TPSA) is 55.4 Å². The Labute approximate surface area is 128 Å². The minimum atomic E-state index is -0.337. The van der Waals surface area contributed by atoms with E-state index in [0.29, 0.717) is 5.56 Å².